The van der Waals surface area contributed by atoms with Crippen LogP contribution in [-0.4, -0.2) is 34.7 Å². The standard InChI is InChI=1S/C27H28N4O4S/c1-27(2)21-12-5-7-14-23(21)31(3)25(27)16-17-28-29-26(32)19-10-9-11-20(18-19)36(33,34)30-22-13-6-8-15-24(22)35-4/h5-18,30H,1-4H3,(H,29,32)/b25-16-,28-17-. The number of amides is 1. The third kappa shape index (κ3) is 4.83. The molecule has 9 heteroatoms. The second-order valence-corrected chi connectivity index (χ2v) is 10.5. The van der Waals surface area contributed by atoms with E-state index in [1.54, 1.807) is 24.3 Å². The minimum Gasteiger partial charge on any atom is -0.495 e. The number of ether oxygens (including phenoxy) is 1. The van der Waals surface area contributed by atoms with E-state index in [4.69, 9.17) is 4.74 Å². The Labute approximate surface area is 211 Å². The van der Waals surface area contributed by atoms with Crippen LogP contribution in [0.2, 0.25) is 0 Å². The van der Waals surface area contributed by atoms with Crippen molar-refractivity contribution in [2.24, 2.45) is 5.10 Å². The maximum absolute atomic E-state index is 12.9. The van der Waals surface area contributed by atoms with E-state index in [0.29, 0.717) is 11.4 Å². The van der Waals surface area contributed by atoms with Crippen molar-refractivity contribution in [3.05, 3.63) is 95.7 Å². The quantitative estimate of drug-likeness (QED) is 0.364. The van der Waals surface area contributed by atoms with Gasteiger partial charge in [-0.25, -0.2) is 13.8 Å². The Bertz CT molecular complexity index is 1460. The first-order valence-electron chi connectivity index (χ1n) is 11.3. The fraction of sp³-hybridized carbons (Fsp3) is 0.185. The molecule has 3 aromatic carbocycles. The van der Waals surface area contributed by atoms with Crippen molar-refractivity contribution in [1.29, 1.82) is 0 Å². The van der Waals surface area contributed by atoms with Crippen LogP contribution in [0.3, 0.4) is 0 Å². The number of hydrogen-bond acceptors (Lipinski definition) is 6. The van der Waals surface area contributed by atoms with Gasteiger partial charge in [0.2, 0.25) is 0 Å². The molecule has 1 aliphatic heterocycles. The highest BCUT2D eigenvalue weighted by Gasteiger charge is 2.37. The van der Waals surface area contributed by atoms with Crippen LogP contribution in [-0.2, 0) is 15.4 Å². The Morgan fingerprint density at radius 3 is 2.50 bits per heavy atom. The van der Waals surface area contributed by atoms with E-state index in [0.717, 1.165) is 11.4 Å². The molecule has 4 rings (SSSR count). The van der Waals surface area contributed by atoms with Crippen molar-refractivity contribution < 1.29 is 17.9 Å². The third-order valence-electron chi connectivity index (χ3n) is 6.17. The number of hydrazone groups is 1. The number of likely N-dealkylation sites (N-methyl/N-ethyl adjacent to an activating group) is 1. The fourth-order valence-corrected chi connectivity index (χ4v) is 5.42. The summed E-state index contributed by atoms with van der Waals surface area (Å²) in [7, 11) is -0.493. The van der Waals surface area contributed by atoms with Crippen molar-refractivity contribution in [2.45, 2.75) is 24.2 Å². The molecule has 3 aromatic rings. The summed E-state index contributed by atoms with van der Waals surface area (Å²) in [5.74, 6) is -0.140. The average molecular weight is 505 g/mol. The second kappa shape index (κ2) is 9.87. The summed E-state index contributed by atoms with van der Waals surface area (Å²) in [6.45, 7) is 4.27. The Kier molecular flexibility index (Phi) is 6.85. The zero-order valence-corrected chi connectivity index (χ0v) is 21.3. The molecule has 0 aliphatic carbocycles. The van der Waals surface area contributed by atoms with Crippen molar-refractivity contribution in [2.75, 3.05) is 23.8 Å². The highest BCUT2D eigenvalue weighted by Crippen LogP contribution is 2.46. The molecule has 0 saturated heterocycles. The zero-order chi connectivity index (χ0) is 25.9. The molecule has 0 saturated carbocycles. The topological polar surface area (TPSA) is 100 Å². The Morgan fingerprint density at radius 1 is 1.03 bits per heavy atom. The lowest BCUT2D eigenvalue weighted by atomic mass is 9.84. The summed E-state index contributed by atoms with van der Waals surface area (Å²) >= 11 is 0. The zero-order valence-electron chi connectivity index (χ0n) is 20.5. The predicted molar refractivity (Wildman–Crippen MR) is 142 cm³/mol. The van der Waals surface area contributed by atoms with Gasteiger partial charge < -0.3 is 9.64 Å². The highest BCUT2D eigenvalue weighted by molar-refractivity contribution is 7.92. The number of allylic oxidation sites excluding steroid dienone is 2. The third-order valence-corrected chi connectivity index (χ3v) is 7.53. The predicted octanol–water partition coefficient (Wildman–Crippen LogP) is 4.52. The number of carbonyl (C=O) groups is 1. The van der Waals surface area contributed by atoms with Gasteiger partial charge in [0.05, 0.1) is 17.7 Å². The van der Waals surface area contributed by atoms with Crippen LogP contribution >= 0.6 is 0 Å². The minimum atomic E-state index is -3.95. The van der Waals surface area contributed by atoms with E-state index in [2.05, 4.69) is 46.1 Å². The fourth-order valence-electron chi connectivity index (χ4n) is 4.31. The molecule has 0 aromatic heterocycles. The van der Waals surface area contributed by atoms with E-state index in [1.807, 2.05) is 25.3 Å². The van der Waals surface area contributed by atoms with Gasteiger partial charge in [0.25, 0.3) is 15.9 Å². The summed E-state index contributed by atoms with van der Waals surface area (Å²) in [6.07, 6.45) is 3.39. The Balaban J connectivity index is 1.47. The van der Waals surface area contributed by atoms with Gasteiger partial charge in [0.1, 0.15) is 5.75 Å². The molecule has 0 bridgehead atoms. The van der Waals surface area contributed by atoms with Crippen LogP contribution < -0.4 is 19.8 Å². The van der Waals surface area contributed by atoms with Gasteiger partial charge in [-0.15, -0.1) is 0 Å². The molecule has 186 valence electrons. The molecule has 2 N–H and O–H groups in total. The molecule has 0 fully saturated rings. The van der Waals surface area contributed by atoms with Crippen LogP contribution in [0.1, 0.15) is 29.8 Å². The van der Waals surface area contributed by atoms with Gasteiger partial charge >= 0.3 is 0 Å². The molecule has 0 radical (unpaired) electrons. The summed E-state index contributed by atoms with van der Waals surface area (Å²) in [4.78, 5) is 14.7. The molecule has 0 atom stereocenters. The van der Waals surface area contributed by atoms with Gasteiger partial charge in [-0.3, -0.25) is 9.52 Å². The molecule has 0 spiro atoms. The molecule has 8 nitrogen and oxygen atoms in total. The molecular weight excluding hydrogens is 476 g/mol. The Hall–Kier alpha value is -4.11. The van der Waals surface area contributed by atoms with Gasteiger partial charge in [0.15, 0.2) is 0 Å². The van der Waals surface area contributed by atoms with Gasteiger partial charge in [0, 0.05) is 35.6 Å². The molecule has 1 amide bonds. The van der Waals surface area contributed by atoms with Crippen molar-refractivity contribution in [1.82, 2.24) is 5.43 Å². The number of sulfonamides is 1. The van der Waals surface area contributed by atoms with E-state index >= 15 is 0 Å². The number of fused-ring (bicyclic) bond motifs is 1. The summed E-state index contributed by atoms with van der Waals surface area (Å²) < 4.78 is 33.5. The first-order chi connectivity index (χ1) is 17.1. The number of rotatable bonds is 7. The molecule has 1 heterocycles. The maximum atomic E-state index is 12.9. The monoisotopic (exact) mass is 504 g/mol. The van der Waals surface area contributed by atoms with E-state index in [-0.39, 0.29) is 15.9 Å². The molecule has 0 unspecified atom stereocenters. The number of nitrogens with zero attached hydrogens (tertiary/aromatic N) is 2. The van der Waals surface area contributed by atoms with Crippen molar-refractivity contribution in [3.8, 4) is 5.75 Å². The maximum Gasteiger partial charge on any atom is 0.271 e. The van der Waals surface area contributed by atoms with E-state index in [9.17, 15) is 13.2 Å². The lowest BCUT2D eigenvalue weighted by Crippen LogP contribution is -2.23. The SMILES string of the molecule is COc1ccccc1NS(=O)(=O)c1cccc(C(=O)N/N=C\C=C2/N(C)c3ccccc3C2(C)C)c1. The van der Waals surface area contributed by atoms with Crippen molar-refractivity contribution >= 4 is 33.5 Å². The van der Waals surface area contributed by atoms with Crippen LogP contribution in [0.15, 0.2) is 94.6 Å². The normalized spacial score (nSPS) is 15.7. The van der Waals surface area contributed by atoms with E-state index in [1.165, 1.54) is 43.2 Å². The Morgan fingerprint density at radius 2 is 1.75 bits per heavy atom. The highest BCUT2D eigenvalue weighted by atomic mass is 32.2. The van der Waals surface area contributed by atoms with Crippen LogP contribution in [0.4, 0.5) is 11.4 Å². The van der Waals surface area contributed by atoms with Gasteiger partial charge in [-0.1, -0.05) is 50.2 Å². The molecular formula is C27H28N4O4S. The average Bonchev–Trinajstić information content (AvgIpc) is 3.07. The van der Waals surface area contributed by atoms with Crippen molar-refractivity contribution in [3.63, 3.8) is 0 Å². The summed E-state index contributed by atoms with van der Waals surface area (Å²) in [6, 6.07) is 20.6. The lowest BCUT2D eigenvalue weighted by Gasteiger charge is -2.23. The molecule has 36 heavy (non-hydrogen) atoms. The van der Waals surface area contributed by atoms with E-state index < -0.39 is 15.9 Å². The summed E-state index contributed by atoms with van der Waals surface area (Å²) in [5, 5.41) is 4.05. The lowest BCUT2D eigenvalue weighted by molar-refractivity contribution is 0.0955. The smallest absolute Gasteiger partial charge is 0.271 e. The molecule has 1 aliphatic rings. The number of hydrogen-bond donors (Lipinski definition) is 2. The number of anilines is 2. The minimum absolute atomic E-state index is 0.0563. The first kappa shape index (κ1) is 25.0. The second-order valence-electron chi connectivity index (χ2n) is 8.81. The van der Waals surface area contributed by atoms with Crippen LogP contribution in [0.5, 0.6) is 5.75 Å². The summed E-state index contributed by atoms with van der Waals surface area (Å²) in [5.41, 5.74) is 6.10. The van der Waals surface area contributed by atoms with Crippen LogP contribution in [0.25, 0.3) is 0 Å². The van der Waals surface area contributed by atoms with Crippen LogP contribution in [0, 0.1) is 0 Å². The largest absolute Gasteiger partial charge is 0.495 e. The number of carbonyl (C=O) groups excluding carboxylic acids is 1. The first-order valence-corrected chi connectivity index (χ1v) is 12.8. The number of para-hydroxylation sites is 3. The number of benzene rings is 3. The number of nitrogens with one attached hydrogen (secondary N) is 2. The van der Waals surface area contributed by atoms with Gasteiger partial charge in [-0.05, 0) is 48.0 Å². The van der Waals surface area contributed by atoms with Gasteiger partial charge in [-0.2, -0.15) is 5.10 Å². The number of methoxy groups -OCH3 is 1.